The van der Waals surface area contributed by atoms with E-state index in [-0.39, 0.29) is 4.90 Å². The summed E-state index contributed by atoms with van der Waals surface area (Å²) in [6.45, 7) is 6.56. The second-order valence-corrected chi connectivity index (χ2v) is 11.0. The molecule has 1 N–H and O–H groups in total. The molecule has 36 heavy (non-hydrogen) atoms. The average Bonchev–Trinajstić information content (AvgIpc) is 2.85. The van der Waals surface area contributed by atoms with Crippen molar-refractivity contribution in [1.29, 1.82) is 0 Å². The Bertz CT molecular complexity index is 1570. The maximum atomic E-state index is 15.2. The number of halogens is 1. The molecule has 4 aromatic rings. The molecular formula is C27H27FN4O3S. The molecule has 7 nitrogen and oxygen atoms in total. The molecule has 0 spiro atoms. The highest BCUT2D eigenvalue weighted by Gasteiger charge is 2.22. The van der Waals surface area contributed by atoms with Crippen LogP contribution in [0.2, 0.25) is 0 Å². The molecule has 186 valence electrons. The van der Waals surface area contributed by atoms with Crippen molar-refractivity contribution in [3.63, 3.8) is 0 Å². The molecule has 0 aliphatic carbocycles. The Morgan fingerprint density at radius 1 is 1.06 bits per heavy atom. The number of fused-ring (bicyclic) bond motifs is 1. The maximum Gasteiger partial charge on any atom is 0.176 e. The van der Waals surface area contributed by atoms with E-state index >= 15 is 4.39 Å². The second kappa shape index (κ2) is 9.48. The van der Waals surface area contributed by atoms with Gasteiger partial charge in [-0.15, -0.1) is 0 Å². The number of rotatable bonds is 5. The van der Waals surface area contributed by atoms with Gasteiger partial charge in [-0.1, -0.05) is 17.7 Å². The number of nitrogens with zero attached hydrogens (tertiary/aromatic N) is 3. The Morgan fingerprint density at radius 3 is 2.58 bits per heavy atom. The first-order chi connectivity index (χ1) is 17.2. The van der Waals surface area contributed by atoms with Crippen LogP contribution in [0.5, 0.6) is 0 Å². The summed E-state index contributed by atoms with van der Waals surface area (Å²) in [5, 5.41) is 3.71. The summed E-state index contributed by atoms with van der Waals surface area (Å²) < 4.78 is 45.8. The number of aromatic nitrogens is 2. The lowest BCUT2D eigenvalue weighted by Crippen LogP contribution is -2.36. The van der Waals surface area contributed by atoms with Gasteiger partial charge in [-0.05, 0) is 49.7 Å². The van der Waals surface area contributed by atoms with Crippen LogP contribution >= 0.6 is 0 Å². The zero-order valence-electron chi connectivity index (χ0n) is 20.4. The van der Waals surface area contributed by atoms with Crippen molar-refractivity contribution < 1.29 is 17.5 Å². The highest BCUT2D eigenvalue weighted by molar-refractivity contribution is 7.90. The molecule has 1 aliphatic heterocycles. The third-order valence-corrected chi connectivity index (χ3v) is 7.52. The number of aryl methyl sites for hydroxylation is 1. The fourth-order valence-corrected chi connectivity index (χ4v) is 5.44. The van der Waals surface area contributed by atoms with Gasteiger partial charge in [-0.3, -0.25) is 4.98 Å². The molecule has 2 aromatic carbocycles. The Balaban J connectivity index is 1.69. The number of ether oxygens (including phenoxy) is 1. The molecule has 1 saturated heterocycles. The van der Waals surface area contributed by atoms with Gasteiger partial charge >= 0.3 is 0 Å². The standard InChI is InChI=1S/C27H27FN4O3S/c1-17-7-8-24(36(3,33)34)21(13-17)26-18(2)27(25-22(28)5-4-6-23(25)31-26)30-19-14-20(16-29-15-19)32-9-11-35-12-10-32/h4-8,13-16H,9-12H2,1-3H3,(H,30,31). The third-order valence-electron chi connectivity index (χ3n) is 6.36. The molecule has 3 heterocycles. The minimum Gasteiger partial charge on any atom is -0.378 e. The van der Waals surface area contributed by atoms with Crippen LogP contribution in [0.1, 0.15) is 11.1 Å². The van der Waals surface area contributed by atoms with E-state index in [1.54, 1.807) is 42.7 Å². The molecule has 0 bridgehead atoms. The van der Waals surface area contributed by atoms with E-state index in [0.29, 0.717) is 52.3 Å². The van der Waals surface area contributed by atoms with E-state index in [1.165, 1.54) is 12.3 Å². The summed E-state index contributed by atoms with van der Waals surface area (Å²) in [6.07, 6.45) is 4.66. The number of anilines is 3. The van der Waals surface area contributed by atoms with E-state index in [2.05, 4.69) is 15.2 Å². The topological polar surface area (TPSA) is 84.4 Å². The van der Waals surface area contributed by atoms with Crippen molar-refractivity contribution in [3.05, 3.63) is 71.8 Å². The summed E-state index contributed by atoms with van der Waals surface area (Å²) in [5.41, 5.74) is 5.09. The van der Waals surface area contributed by atoms with Gasteiger partial charge in [0.2, 0.25) is 0 Å². The van der Waals surface area contributed by atoms with Crippen LogP contribution in [0.15, 0.2) is 59.8 Å². The number of nitrogens with one attached hydrogen (secondary N) is 1. The highest BCUT2D eigenvalue weighted by Crippen LogP contribution is 2.39. The molecule has 0 amide bonds. The van der Waals surface area contributed by atoms with E-state index < -0.39 is 15.7 Å². The second-order valence-electron chi connectivity index (χ2n) is 9.02. The molecule has 0 unspecified atom stereocenters. The van der Waals surface area contributed by atoms with Crippen molar-refractivity contribution in [1.82, 2.24) is 9.97 Å². The molecule has 1 aliphatic rings. The van der Waals surface area contributed by atoms with Crippen LogP contribution in [0.25, 0.3) is 22.2 Å². The first-order valence-corrected chi connectivity index (χ1v) is 13.6. The number of benzene rings is 2. The summed E-state index contributed by atoms with van der Waals surface area (Å²) in [5.74, 6) is -0.415. The Hall–Kier alpha value is -3.56. The first-order valence-electron chi connectivity index (χ1n) is 11.7. The van der Waals surface area contributed by atoms with Gasteiger partial charge in [0.15, 0.2) is 9.84 Å². The average molecular weight is 507 g/mol. The minimum atomic E-state index is -3.53. The van der Waals surface area contributed by atoms with Gasteiger partial charge in [0, 0.05) is 24.9 Å². The van der Waals surface area contributed by atoms with Crippen molar-refractivity contribution in [2.45, 2.75) is 18.7 Å². The van der Waals surface area contributed by atoms with Crippen molar-refractivity contribution in [2.75, 3.05) is 42.8 Å². The van der Waals surface area contributed by atoms with E-state index in [4.69, 9.17) is 9.72 Å². The predicted octanol–water partition coefficient (Wildman–Crippen LogP) is 5.04. The van der Waals surface area contributed by atoms with Crippen LogP contribution in [-0.4, -0.2) is 50.9 Å². The number of hydrogen-bond donors (Lipinski definition) is 1. The van der Waals surface area contributed by atoms with E-state index in [9.17, 15) is 8.42 Å². The number of morpholine rings is 1. The van der Waals surface area contributed by atoms with Gasteiger partial charge < -0.3 is 15.0 Å². The fourth-order valence-electron chi connectivity index (χ4n) is 4.57. The van der Waals surface area contributed by atoms with E-state index in [1.807, 2.05) is 19.9 Å². The molecule has 5 rings (SSSR count). The van der Waals surface area contributed by atoms with Crippen molar-refractivity contribution in [3.8, 4) is 11.3 Å². The lowest BCUT2D eigenvalue weighted by molar-refractivity contribution is 0.122. The lowest BCUT2D eigenvalue weighted by Gasteiger charge is -2.28. The smallest absolute Gasteiger partial charge is 0.176 e. The fraction of sp³-hybridized carbons (Fsp3) is 0.259. The van der Waals surface area contributed by atoms with Crippen molar-refractivity contribution >= 4 is 37.8 Å². The van der Waals surface area contributed by atoms with Gasteiger partial charge in [0.05, 0.1) is 64.2 Å². The molecular weight excluding hydrogens is 479 g/mol. The predicted molar refractivity (Wildman–Crippen MR) is 140 cm³/mol. The van der Waals surface area contributed by atoms with Crippen LogP contribution in [-0.2, 0) is 14.6 Å². The van der Waals surface area contributed by atoms with Crippen LogP contribution in [0.3, 0.4) is 0 Å². The summed E-state index contributed by atoms with van der Waals surface area (Å²) in [7, 11) is -3.53. The molecule has 1 fully saturated rings. The molecule has 0 radical (unpaired) electrons. The van der Waals surface area contributed by atoms with Crippen LogP contribution < -0.4 is 10.2 Å². The maximum absolute atomic E-state index is 15.2. The third kappa shape index (κ3) is 4.64. The quantitative estimate of drug-likeness (QED) is 0.406. The van der Waals surface area contributed by atoms with Crippen LogP contribution in [0.4, 0.5) is 21.5 Å². The Labute approximate surface area is 209 Å². The summed E-state index contributed by atoms with van der Waals surface area (Å²) in [6, 6.07) is 11.9. The van der Waals surface area contributed by atoms with Gasteiger partial charge in [0.1, 0.15) is 5.82 Å². The number of hydrogen-bond acceptors (Lipinski definition) is 7. The molecule has 9 heteroatoms. The van der Waals surface area contributed by atoms with Crippen LogP contribution in [0, 0.1) is 19.7 Å². The van der Waals surface area contributed by atoms with E-state index in [0.717, 1.165) is 24.3 Å². The minimum absolute atomic E-state index is 0.182. The Morgan fingerprint density at radius 2 is 1.83 bits per heavy atom. The normalized spacial score (nSPS) is 14.3. The monoisotopic (exact) mass is 506 g/mol. The molecule has 2 aromatic heterocycles. The zero-order chi connectivity index (χ0) is 25.4. The summed E-state index contributed by atoms with van der Waals surface area (Å²) >= 11 is 0. The molecule has 0 saturated carbocycles. The largest absolute Gasteiger partial charge is 0.378 e. The number of sulfone groups is 1. The lowest BCUT2D eigenvalue weighted by atomic mass is 10.00. The Kier molecular flexibility index (Phi) is 6.36. The zero-order valence-corrected chi connectivity index (χ0v) is 21.2. The van der Waals surface area contributed by atoms with Crippen molar-refractivity contribution in [2.24, 2.45) is 0 Å². The SMILES string of the molecule is Cc1ccc(S(C)(=O)=O)c(-c2nc3cccc(F)c3c(Nc3cncc(N4CCOCC4)c3)c2C)c1. The number of pyridine rings is 2. The molecule has 0 atom stereocenters. The first kappa shape index (κ1) is 24.1. The summed E-state index contributed by atoms with van der Waals surface area (Å²) in [4.78, 5) is 11.5. The highest BCUT2D eigenvalue weighted by atomic mass is 32.2. The van der Waals surface area contributed by atoms with Gasteiger partial charge in [-0.25, -0.2) is 17.8 Å². The van der Waals surface area contributed by atoms with Gasteiger partial charge in [-0.2, -0.15) is 0 Å². The van der Waals surface area contributed by atoms with Gasteiger partial charge in [0.25, 0.3) is 0 Å².